The van der Waals surface area contributed by atoms with Crippen LogP contribution in [0.2, 0.25) is 0 Å². The molecule has 21 heavy (non-hydrogen) atoms. The molecule has 0 heterocycles. The van der Waals surface area contributed by atoms with Crippen LogP contribution >= 0.6 is 0 Å². The van der Waals surface area contributed by atoms with Crippen LogP contribution in [0.25, 0.3) is 0 Å². The van der Waals surface area contributed by atoms with Crippen LogP contribution in [-0.2, 0) is 6.18 Å². The van der Waals surface area contributed by atoms with E-state index in [1.807, 2.05) is 0 Å². The van der Waals surface area contributed by atoms with Crippen molar-refractivity contribution in [1.29, 1.82) is 0 Å². The van der Waals surface area contributed by atoms with Gasteiger partial charge in [-0.15, -0.1) is 0 Å². The van der Waals surface area contributed by atoms with Gasteiger partial charge in [-0.25, -0.2) is 0 Å². The summed E-state index contributed by atoms with van der Waals surface area (Å²) in [5.41, 5.74) is 4.78. The van der Waals surface area contributed by atoms with Crippen molar-refractivity contribution in [2.45, 2.75) is 38.9 Å². The molecule has 0 saturated heterocycles. The van der Waals surface area contributed by atoms with Crippen molar-refractivity contribution in [2.24, 2.45) is 0 Å². The smallest absolute Gasteiger partial charge is 0.398 e. The van der Waals surface area contributed by atoms with E-state index < -0.39 is 11.7 Å². The van der Waals surface area contributed by atoms with Crippen molar-refractivity contribution < 1.29 is 13.2 Å². The lowest BCUT2D eigenvalue weighted by Crippen LogP contribution is -2.27. The molecule has 0 atom stereocenters. The van der Waals surface area contributed by atoms with Crippen LogP contribution in [0.5, 0.6) is 0 Å². The minimum atomic E-state index is -4.41. The van der Waals surface area contributed by atoms with E-state index in [1.54, 1.807) is 6.07 Å². The molecule has 0 saturated carbocycles. The number of anilines is 2. The van der Waals surface area contributed by atoms with Crippen LogP contribution in [0.3, 0.4) is 0 Å². The van der Waals surface area contributed by atoms with Crippen molar-refractivity contribution in [2.75, 3.05) is 31.2 Å². The molecule has 0 aromatic heterocycles. The second-order valence-electron chi connectivity index (χ2n) is 5.51. The highest BCUT2D eigenvalue weighted by Crippen LogP contribution is 2.35. The number of nitrogens with two attached hydrogens (primary N) is 1. The van der Waals surface area contributed by atoms with Crippen molar-refractivity contribution in [3.8, 4) is 0 Å². The second-order valence-corrected chi connectivity index (χ2v) is 5.51. The molecule has 0 amide bonds. The summed E-state index contributed by atoms with van der Waals surface area (Å²) in [6.45, 7) is 5.89. The number of rotatable bonds is 7. The molecule has 6 heteroatoms. The van der Waals surface area contributed by atoms with Crippen LogP contribution in [-0.4, -0.2) is 31.1 Å². The first-order valence-electron chi connectivity index (χ1n) is 7.12. The van der Waals surface area contributed by atoms with Crippen LogP contribution in [0, 0.1) is 0 Å². The van der Waals surface area contributed by atoms with E-state index in [0.717, 1.165) is 25.5 Å². The van der Waals surface area contributed by atoms with E-state index in [0.29, 0.717) is 18.3 Å². The molecule has 0 aliphatic rings. The Balaban J connectivity index is 2.43. The van der Waals surface area contributed by atoms with Gasteiger partial charge in [0.2, 0.25) is 0 Å². The molecule has 0 aliphatic heterocycles. The lowest BCUT2D eigenvalue weighted by molar-refractivity contribution is -0.136. The average molecular weight is 303 g/mol. The van der Waals surface area contributed by atoms with E-state index in [9.17, 15) is 13.2 Å². The fraction of sp³-hybridized carbons (Fsp3) is 0.600. The van der Waals surface area contributed by atoms with Gasteiger partial charge in [-0.05, 0) is 58.5 Å². The molecule has 120 valence electrons. The van der Waals surface area contributed by atoms with Gasteiger partial charge < -0.3 is 16.0 Å². The van der Waals surface area contributed by atoms with Gasteiger partial charge >= 0.3 is 6.18 Å². The van der Waals surface area contributed by atoms with Crippen LogP contribution in [0.1, 0.15) is 32.3 Å². The number of hydrogen-bond acceptors (Lipinski definition) is 3. The quantitative estimate of drug-likeness (QED) is 0.594. The Labute approximate surface area is 124 Å². The number of hydrogen-bond donors (Lipinski definition) is 2. The number of nitrogens with one attached hydrogen (secondary N) is 1. The zero-order chi connectivity index (χ0) is 16.0. The molecule has 1 aromatic carbocycles. The van der Waals surface area contributed by atoms with Gasteiger partial charge in [-0.2, -0.15) is 13.2 Å². The molecule has 0 fully saturated rings. The number of benzene rings is 1. The SMILES string of the molecule is CC(C)N(C)CCCCNc1ccc(N)c(C(F)(F)F)c1. The van der Waals surface area contributed by atoms with Crippen molar-refractivity contribution >= 4 is 11.4 Å². The molecule has 1 rings (SSSR count). The number of alkyl halides is 3. The molecule has 0 aliphatic carbocycles. The maximum atomic E-state index is 12.7. The maximum Gasteiger partial charge on any atom is 0.418 e. The summed E-state index contributed by atoms with van der Waals surface area (Å²) in [5.74, 6) is 0. The zero-order valence-corrected chi connectivity index (χ0v) is 12.8. The zero-order valence-electron chi connectivity index (χ0n) is 12.8. The van der Waals surface area contributed by atoms with Crippen molar-refractivity contribution in [3.05, 3.63) is 23.8 Å². The molecule has 0 radical (unpaired) electrons. The maximum absolute atomic E-state index is 12.7. The van der Waals surface area contributed by atoms with E-state index in [-0.39, 0.29) is 5.69 Å². The Kier molecular flexibility index (Phi) is 6.33. The third-order valence-electron chi connectivity index (χ3n) is 3.51. The summed E-state index contributed by atoms with van der Waals surface area (Å²) in [5, 5.41) is 3.01. The third kappa shape index (κ3) is 5.83. The van der Waals surface area contributed by atoms with Crippen molar-refractivity contribution in [1.82, 2.24) is 4.90 Å². The Morgan fingerprint density at radius 2 is 1.90 bits per heavy atom. The Hall–Kier alpha value is -1.43. The highest BCUT2D eigenvalue weighted by molar-refractivity contribution is 5.58. The number of nitrogens with zero attached hydrogens (tertiary/aromatic N) is 1. The summed E-state index contributed by atoms with van der Waals surface area (Å²) >= 11 is 0. The fourth-order valence-corrected chi connectivity index (χ4v) is 1.89. The first kappa shape index (κ1) is 17.6. The van der Waals surface area contributed by atoms with Gasteiger partial charge in [-0.1, -0.05) is 0 Å². The molecule has 3 N–H and O–H groups in total. The van der Waals surface area contributed by atoms with Gasteiger partial charge in [0.15, 0.2) is 0 Å². The van der Waals surface area contributed by atoms with Gasteiger partial charge in [0, 0.05) is 24.0 Å². The van der Waals surface area contributed by atoms with Gasteiger partial charge in [0.05, 0.1) is 5.56 Å². The molecule has 0 unspecified atom stereocenters. The monoisotopic (exact) mass is 303 g/mol. The predicted octanol–water partition coefficient (Wildman–Crippen LogP) is 3.82. The molecule has 0 bridgehead atoms. The second kappa shape index (κ2) is 7.54. The predicted molar refractivity (Wildman–Crippen MR) is 81.3 cm³/mol. The highest BCUT2D eigenvalue weighted by Gasteiger charge is 2.33. The van der Waals surface area contributed by atoms with E-state index in [1.165, 1.54) is 6.07 Å². The number of unbranched alkanes of at least 4 members (excludes halogenated alkanes) is 1. The van der Waals surface area contributed by atoms with Crippen LogP contribution in [0.15, 0.2) is 18.2 Å². The molecule has 1 aromatic rings. The first-order chi connectivity index (χ1) is 9.71. The topological polar surface area (TPSA) is 41.3 Å². The Morgan fingerprint density at radius 1 is 1.24 bits per heavy atom. The number of halogens is 3. The summed E-state index contributed by atoms with van der Waals surface area (Å²) in [6, 6.07) is 4.43. The fourth-order valence-electron chi connectivity index (χ4n) is 1.89. The summed E-state index contributed by atoms with van der Waals surface area (Å²) < 4.78 is 38.2. The van der Waals surface area contributed by atoms with Crippen LogP contribution < -0.4 is 11.1 Å². The summed E-state index contributed by atoms with van der Waals surface area (Å²) in [6.07, 6.45) is -2.51. The molecular weight excluding hydrogens is 279 g/mol. The summed E-state index contributed by atoms with van der Waals surface area (Å²) in [7, 11) is 2.06. The lowest BCUT2D eigenvalue weighted by atomic mass is 10.1. The minimum Gasteiger partial charge on any atom is -0.398 e. The van der Waals surface area contributed by atoms with E-state index in [2.05, 4.69) is 31.1 Å². The molecule has 0 spiro atoms. The standard InChI is InChI=1S/C15H24F3N3/c1-11(2)21(3)9-5-4-8-20-12-6-7-14(19)13(10-12)15(16,17)18/h6-7,10-11,20H,4-5,8-9,19H2,1-3H3. The average Bonchev–Trinajstić information content (AvgIpc) is 2.38. The first-order valence-corrected chi connectivity index (χ1v) is 7.12. The highest BCUT2D eigenvalue weighted by atomic mass is 19.4. The number of nitrogen functional groups attached to an aromatic ring is 1. The molecule has 3 nitrogen and oxygen atoms in total. The summed E-state index contributed by atoms with van der Waals surface area (Å²) in [4.78, 5) is 2.24. The van der Waals surface area contributed by atoms with Gasteiger partial charge in [-0.3, -0.25) is 0 Å². The lowest BCUT2D eigenvalue weighted by Gasteiger charge is -2.20. The molecular formula is C15H24F3N3. The minimum absolute atomic E-state index is 0.244. The van der Waals surface area contributed by atoms with Gasteiger partial charge in [0.1, 0.15) is 0 Å². The normalized spacial score (nSPS) is 12.2. The van der Waals surface area contributed by atoms with E-state index >= 15 is 0 Å². The largest absolute Gasteiger partial charge is 0.418 e. The van der Waals surface area contributed by atoms with Crippen molar-refractivity contribution in [3.63, 3.8) is 0 Å². The van der Waals surface area contributed by atoms with Crippen LogP contribution in [0.4, 0.5) is 24.5 Å². The van der Waals surface area contributed by atoms with E-state index in [4.69, 9.17) is 5.73 Å². The van der Waals surface area contributed by atoms with Gasteiger partial charge in [0.25, 0.3) is 0 Å². The Morgan fingerprint density at radius 3 is 2.48 bits per heavy atom. The Bertz CT molecular complexity index is 444. The third-order valence-corrected chi connectivity index (χ3v) is 3.51.